The van der Waals surface area contributed by atoms with Crippen molar-refractivity contribution >= 4 is 5.97 Å². The van der Waals surface area contributed by atoms with Crippen LogP contribution in [0.5, 0.6) is 17.2 Å². The Morgan fingerprint density at radius 3 is 1.79 bits per heavy atom. The van der Waals surface area contributed by atoms with Crippen molar-refractivity contribution in [2.45, 2.75) is 13.8 Å². The molecule has 6 nitrogen and oxygen atoms in total. The van der Waals surface area contributed by atoms with E-state index in [1.807, 2.05) is 66.7 Å². The summed E-state index contributed by atoms with van der Waals surface area (Å²) in [6.45, 7) is 3.90. The van der Waals surface area contributed by atoms with Gasteiger partial charge in [0.25, 0.3) is 0 Å². The third-order valence-corrected chi connectivity index (χ3v) is 4.98. The summed E-state index contributed by atoms with van der Waals surface area (Å²) in [5.74, 6) is 1.49. The van der Waals surface area contributed by atoms with E-state index in [-0.39, 0.29) is 19.6 Å². The van der Waals surface area contributed by atoms with Crippen LogP contribution in [0.3, 0.4) is 0 Å². The third-order valence-electron chi connectivity index (χ3n) is 4.98. The molecule has 0 aromatic heterocycles. The van der Waals surface area contributed by atoms with Gasteiger partial charge in [0.05, 0.1) is 0 Å². The Hall–Kier alpha value is -3.61. The first-order valence-electron chi connectivity index (χ1n) is 10.5. The molecule has 3 aromatic rings. The third kappa shape index (κ3) is 6.44. The summed E-state index contributed by atoms with van der Waals surface area (Å²) in [5.41, 5.74) is 4.12. The van der Waals surface area contributed by atoms with Crippen LogP contribution in [0.1, 0.15) is 13.8 Å². The highest BCUT2D eigenvalue weighted by Gasteiger charge is 2.14. The van der Waals surface area contributed by atoms with Gasteiger partial charge in [0, 0.05) is 25.4 Å². The fourth-order valence-electron chi connectivity index (χ4n) is 3.05. The highest BCUT2D eigenvalue weighted by Crippen LogP contribution is 2.36. The van der Waals surface area contributed by atoms with Gasteiger partial charge in [-0.2, -0.15) is 0 Å². The number of carbonyl (C=O) groups excluding carboxylic acids is 1. The Kier molecular flexibility index (Phi) is 8.63. The van der Waals surface area contributed by atoms with Gasteiger partial charge in [0.2, 0.25) is 0 Å². The first-order valence-corrected chi connectivity index (χ1v) is 10.5. The van der Waals surface area contributed by atoms with Crippen LogP contribution in [0.2, 0.25) is 0 Å². The highest BCUT2D eigenvalue weighted by atomic mass is 16.7. The molecule has 0 radical (unpaired) electrons. The standard InChI is InChI=1S/C27H28O6/c1-5-19(2)27(28)33-26-16-22(20-6-11-23(12-7-20)31-17-29-3)10-15-25(26)21-8-13-24(14-9-21)32-18-30-4/h5-16H,17-18H2,1-4H3/b19-5+. The number of hydrogen-bond acceptors (Lipinski definition) is 6. The fourth-order valence-corrected chi connectivity index (χ4v) is 3.05. The molecule has 0 spiro atoms. The van der Waals surface area contributed by atoms with Crippen molar-refractivity contribution < 1.29 is 28.5 Å². The lowest BCUT2D eigenvalue weighted by atomic mass is 9.99. The lowest BCUT2D eigenvalue weighted by Gasteiger charge is -2.14. The van der Waals surface area contributed by atoms with Crippen LogP contribution in [0.15, 0.2) is 78.4 Å². The van der Waals surface area contributed by atoms with Crippen molar-refractivity contribution in [2.75, 3.05) is 27.8 Å². The molecule has 0 saturated carbocycles. The second kappa shape index (κ2) is 11.9. The van der Waals surface area contributed by atoms with E-state index in [4.69, 9.17) is 23.7 Å². The van der Waals surface area contributed by atoms with Gasteiger partial charge in [-0.25, -0.2) is 4.79 Å². The van der Waals surface area contributed by atoms with E-state index < -0.39 is 0 Å². The van der Waals surface area contributed by atoms with Crippen molar-refractivity contribution in [2.24, 2.45) is 0 Å². The minimum Gasteiger partial charge on any atom is -0.468 e. The van der Waals surface area contributed by atoms with Crippen molar-refractivity contribution in [1.82, 2.24) is 0 Å². The fraction of sp³-hybridized carbons (Fsp3) is 0.222. The zero-order valence-electron chi connectivity index (χ0n) is 19.3. The van der Waals surface area contributed by atoms with Crippen LogP contribution < -0.4 is 14.2 Å². The molecule has 6 heteroatoms. The Labute approximate surface area is 194 Å². The molecule has 0 heterocycles. The molecule has 0 unspecified atom stereocenters. The summed E-state index contributed by atoms with van der Waals surface area (Å²) in [6, 6.07) is 21.0. The number of ether oxygens (including phenoxy) is 5. The Morgan fingerprint density at radius 2 is 1.27 bits per heavy atom. The molecule has 0 fully saturated rings. The number of rotatable bonds is 10. The van der Waals surface area contributed by atoms with E-state index in [9.17, 15) is 4.79 Å². The van der Waals surface area contributed by atoms with E-state index in [0.29, 0.717) is 22.8 Å². The minimum absolute atomic E-state index is 0.175. The summed E-state index contributed by atoms with van der Waals surface area (Å²) >= 11 is 0. The number of esters is 1. The van der Waals surface area contributed by atoms with Crippen LogP contribution in [0, 0.1) is 0 Å². The number of hydrogen-bond donors (Lipinski definition) is 0. The van der Waals surface area contributed by atoms with E-state index in [1.54, 1.807) is 34.1 Å². The molecule has 172 valence electrons. The van der Waals surface area contributed by atoms with Crippen LogP contribution in [-0.2, 0) is 14.3 Å². The molecule has 0 aliphatic carbocycles. The molecule has 3 rings (SSSR count). The predicted molar refractivity (Wildman–Crippen MR) is 127 cm³/mol. The van der Waals surface area contributed by atoms with Gasteiger partial charge in [-0.15, -0.1) is 0 Å². The zero-order chi connectivity index (χ0) is 23.6. The molecule has 0 N–H and O–H groups in total. The first-order chi connectivity index (χ1) is 16.0. The molecule has 0 amide bonds. The number of benzene rings is 3. The maximum absolute atomic E-state index is 12.5. The van der Waals surface area contributed by atoms with Crippen LogP contribution in [0.25, 0.3) is 22.3 Å². The minimum atomic E-state index is -0.390. The van der Waals surface area contributed by atoms with Gasteiger partial charge in [0.15, 0.2) is 13.6 Å². The number of carbonyl (C=O) groups is 1. The molecule has 0 bridgehead atoms. The highest BCUT2D eigenvalue weighted by molar-refractivity contribution is 5.91. The van der Waals surface area contributed by atoms with Crippen molar-refractivity contribution in [3.8, 4) is 39.5 Å². The van der Waals surface area contributed by atoms with Gasteiger partial charge in [0.1, 0.15) is 17.2 Å². The summed E-state index contributed by atoms with van der Waals surface area (Å²) in [7, 11) is 3.15. The second-order valence-corrected chi connectivity index (χ2v) is 7.22. The smallest absolute Gasteiger partial charge is 0.338 e. The zero-order valence-corrected chi connectivity index (χ0v) is 19.3. The lowest BCUT2D eigenvalue weighted by Crippen LogP contribution is -2.09. The van der Waals surface area contributed by atoms with Crippen LogP contribution in [-0.4, -0.2) is 33.8 Å². The average molecular weight is 449 g/mol. The second-order valence-electron chi connectivity index (χ2n) is 7.22. The van der Waals surface area contributed by atoms with Gasteiger partial charge in [-0.3, -0.25) is 0 Å². The van der Waals surface area contributed by atoms with Gasteiger partial charge in [-0.05, 0) is 60.9 Å². The Bertz CT molecular complexity index is 1080. The maximum Gasteiger partial charge on any atom is 0.338 e. The lowest BCUT2D eigenvalue weighted by molar-refractivity contribution is -0.130. The summed E-state index contributed by atoms with van der Waals surface area (Å²) in [5, 5.41) is 0. The summed E-state index contributed by atoms with van der Waals surface area (Å²) < 4.78 is 26.6. The molecule has 0 aliphatic heterocycles. The Morgan fingerprint density at radius 1 is 0.758 bits per heavy atom. The van der Waals surface area contributed by atoms with E-state index >= 15 is 0 Å². The van der Waals surface area contributed by atoms with E-state index in [2.05, 4.69) is 0 Å². The molecule has 0 saturated heterocycles. The van der Waals surface area contributed by atoms with Crippen LogP contribution in [0.4, 0.5) is 0 Å². The van der Waals surface area contributed by atoms with E-state index in [0.717, 1.165) is 22.3 Å². The first kappa shape index (κ1) is 24.0. The normalized spacial score (nSPS) is 11.2. The van der Waals surface area contributed by atoms with Gasteiger partial charge in [-0.1, -0.05) is 42.5 Å². The molecular formula is C27H28O6. The molecule has 0 aliphatic rings. The van der Waals surface area contributed by atoms with Gasteiger partial charge >= 0.3 is 5.97 Å². The molecule has 33 heavy (non-hydrogen) atoms. The largest absolute Gasteiger partial charge is 0.468 e. The Balaban J connectivity index is 1.95. The van der Waals surface area contributed by atoms with Crippen LogP contribution >= 0.6 is 0 Å². The molecule has 3 aromatic carbocycles. The monoisotopic (exact) mass is 448 g/mol. The quantitative estimate of drug-likeness (QED) is 0.168. The summed E-state index contributed by atoms with van der Waals surface area (Å²) in [4.78, 5) is 12.5. The molecular weight excluding hydrogens is 420 g/mol. The van der Waals surface area contributed by atoms with Crippen molar-refractivity contribution in [1.29, 1.82) is 0 Å². The van der Waals surface area contributed by atoms with Crippen molar-refractivity contribution in [3.63, 3.8) is 0 Å². The van der Waals surface area contributed by atoms with Gasteiger partial charge < -0.3 is 23.7 Å². The maximum atomic E-state index is 12.5. The van der Waals surface area contributed by atoms with Crippen molar-refractivity contribution in [3.05, 3.63) is 78.4 Å². The SMILES string of the molecule is C/C=C(\C)C(=O)Oc1cc(-c2ccc(OCOC)cc2)ccc1-c1ccc(OCOC)cc1. The molecule has 0 atom stereocenters. The topological polar surface area (TPSA) is 63.2 Å². The van der Waals surface area contributed by atoms with E-state index in [1.165, 1.54) is 0 Å². The predicted octanol–water partition coefficient (Wildman–Crippen LogP) is 5.86. The number of allylic oxidation sites excluding steroid dienone is 1. The summed E-state index contributed by atoms with van der Waals surface area (Å²) in [6.07, 6.45) is 1.73. The number of methoxy groups -OCH3 is 2. The average Bonchev–Trinajstić information content (AvgIpc) is 2.86.